The number of hydrogen-bond donors (Lipinski definition) is 0. The normalized spacial score (nSPS) is 18.4. The van der Waals surface area contributed by atoms with Crippen molar-refractivity contribution in [2.75, 3.05) is 13.2 Å². The molecule has 94 valence electrons. The lowest BCUT2D eigenvalue weighted by Crippen LogP contribution is -2.19. The molecule has 0 spiro atoms. The molecule has 2 rings (SSSR count). The zero-order chi connectivity index (χ0) is 12.5. The summed E-state index contributed by atoms with van der Waals surface area (Å²) in [7, 11) is 0. The number of ether oxygens (including phenoxy) is 1. The number of aryl methyl sites for hydroxylation is 1. The lowest BCUT2D eigenvalue weighted by atomic mass is 9.96. The van der Waals surface area contributed by atoms with Crippen LogP contribution in [0.1, 0.15) is 36.0 Å². The molecular weight excluding hydrogens is 233 g/mol. The highest BCUT2D eigenvalue weighted by atomic mass is 19.4. The van der Waals surface area contributed by atoms with Crippen LogP contribution in [0.4, 0.5) is 13.2 Å². The quantitative estimate of drug-likeness (QED) is 0.764. The van der Waals surface area contributed by atoms with Gasteiger partial charge >= 0.3 is 6.18 Å². The Labute approximate surface area is 97.0 Å². The van der Waals surface area contributed by atoms with Gasteiger partial charge in [-0.05, 0) is 25.8 Å². The molecule has 0 amide bonds. The summed E-state index contributed by atoms with van der Waals surface area (Å²) < 4.78 is 42.9. The molecule has 1 saturated heterocycles. The van der Waals surface area contributed by atoms with E-state index in [1.54, 1.807) is 13.0 Å². The molecule has 0 bridgehead atoms. The summed E-state index contributed by atoms with van der Waals surface area (Å²) >= 11 is 0. The van der Waals surface area contributed by atoms with Gasteiger partial charge in [0.2, 0.25) is 5.82 Å². The third kappa shape index (κ3) is 2.94. The first kappa shape index (κ1) is 12.3. The Morgan fingerprint density at radius 2 is 1.88 bits per heavy atom. The van der Waals surface area contributed by atoms with Gasteiger partial charge in [-0.25, -0.2) is 9.97 Å². The smallest absolute Gasteiger partial charge is 0.381 e. The third-order valence-corrected chi connectivity index (χ3v) is 2.77. The van der Waals surface area contributed by atoms with Crippen LogP contribution in [0.5, 0.6) is 0 Å². The fourth-order valence-electron chi connectivity index (χ4n) is 1.92. The molecular formula is C11H13F3N2O. The van der Waals surface area contributed by atoms with Gasteiger partial charge in [0.15, 0.2) is 0 Å². The van der Waals surface area contributed by atoms with Crippen LogP contribution in [-0.4, -0.2) is 23.2 Å². The van der Waals surface area contributed by atoms with E-state index in [-0.39, 0.29) is 5.92 Å². The zero-order valence-corrected chi connectivity index (χ0v) is 9.42. The summed E-state index contributed by atoms with van der Waals surface area (Å²) in [6.45, 7) is 2.71. The van der Waals surface area contributed by atoms with Crippen molar-refractivity contribution in [1.29, 1.82) is 0 Å². The second-order valence-corrected chi connectivity index (χ2v) is 4.14. The van der Waals surface area contributed by atoms with Gasteiger partial charge in [-0.1, -0.05) is 0 Å². The van der Waals surface area contributed by atoms with Gasteiger partial charge in [0.25, 0.3) is 0 Å². The first-order chi connectivity index (χ1) is 7.97. The maximum absolute atomic E-state index is 12.6. The third-order valence-electron chi connectivity index (χ3n) is 2.77. The zero-order valence-electron chi connectivity index (χ0n) is 9.42. The number of halogens is 3. The lowest BCUT2D eigenvalue weighted by molar-refractivity contribution is -0.145. The maximum atomic E-state index is 12.6. The highest BCUT2D eigenvalue weighted by Gasteiger charge is 2.35. The van der Waals surface area contributed by atoms with Gasteiger partial charge in [0.1, 0.15) is 0 Å². The Hall–Kier alpha value is -1.17. The Morgan fingerprint density at radius 1 is 1.24 bits per heavy atom. The lowest BCUT2D eigenvalue weighted by Gasteiger charge is -2.22. The van der Waals surface area contributed by atoms with Crippen LogP contribution >= 0.6 is 0 Å². The van der Waals surface area contributed by atoms with Crippen molar-refractivity contribution in [2.45, 2.75) is 31.9 Å². The van der Waals surface area contributed by atoms with Gasteiger partial charge < -0.3 is 4.74 Å². The molecule has 3 nitrogen and oxygen atoms in total. The van der Waals surface area contributed by atoms with Crippen LogP contribution in [0.2, 0.25) is 0 Å². The topological polar surface area (TPSA) is 35.0 Å². The van der Waals surface area contributed by atoms with Crippen molar-refractivity contribution in [3.05, 3.63) is 23.3 Å². The Kier molecular flexibility index (Phi) is 3.33. The largest absolute Gasteiger partial charge is 0.451 e. The van der Waals surface area contributed by atoms with E-state index in [1.165, 1.54) is 0 Å². The number of alkyl halides is 3. The minimum absolute atomic E-state index is 0.0477. The number of hydrogen-bond acceptors (Lipinski definition) is 3. The first-order valence-electron chi connectivity index (χ1n) is 5.47. The average molecular weight is 246 g/mol. The van der Waals surface area contributed by atoms with Gasteiger partial charge in [-0.15, -0.1) is 0 Å². The Balaban J connectivity index is 2.31. The van der Waals surface area contributed by atoms with E-state index in [0.717, 1.165) is 0 Å². The summed E-state index contributed by atoms with van der Waals surface area (Å²) in [6, 6.07) is 1.63. The van der Waals surface area contributed by atoms with Crippen LogP contribution in [0.25, 0.3) is 0 Å². The average Bonchev–Trinajstić information content (AvgIpc) is 2.28. The highest BCUT2D eigenvalue weighted by molar-refractivity contribution is 5.16. The van der Waals surface area contributed by atoms with Gasteiger partial charge in [0.05, 0.1) is 0 Å². The summed E-state index contributed by atoms with van der Waals surface area (Å²) in [6.07, 6.45) is -3.05. The predicted molar refractivity (Wildman–Crippen MR) is 54.6 cm³/mol. The van der Waals surface area contributed by atoms with Crippen LogP contribution < -0.4 is 0 Å². The van der Waals surface area contributed by atoms with Gasteiger partial charge in [0, 0.05) is 30.5 Å². The number of nitrogens with zero attached hydrogens (tertiary/aromatic N) is 2. The number of aromatic nitrogens is 2. The van der Waals surface area contributed by atoms with Crippen molar-refractivity contribution in [3.63, 3.8) is 0 Å². The van der Waals surface area contributed by atoms with Crippen molar-refractivity contribution in [2.24, 2.45) is 0 Å². The fraction of sp³-hybridized carbons (Fsp3) is 0.636. The molecule has 1 aromatic rings. The minimum Gasteiger partial charge on any atom is -0.381 e. The minimum atomic E-state index is -4.48. The van der Waals surface area contributed by atoms with E-state index in [0.29, 0.717) is 37.4 Å². The van der Waals surface area contributed by atoms with Crippen LogP contribution in [0.15, 0.2) is 6.07 Å². The van der Waals surface area contributed by atoms with Crippen LogP contribution in [0.3, 0.4) is 0 Å². The molecule has 0 N–H and O–H groups in total. The second-order valence-electron chi connectivity index (χ2n) is 4.14. The number of rotatable bonds is 1. The van der Waals surface area contributed by atoms with Gasteiger partial charge in [-0.3, -0.25) is 0 Å². The predicted octanol–water partition coefficient (Wildman–Crippen LogP) is 2.70. The van der Waals surface area contributed by atoms with Crippen molar-refractivity contribution < 1.29 is 17.9 Å². The molecule has 0 atom stereocenters. The van der Waals surface area contributed by atoms with E-state index in [1.807, 2.05) is 0 Å². The summed E-state index contributed by atoms with van der Waals surface area (Å²) in [4.78, 5) is 7.07. The molecule has 1 aliphatic rings. The summed E-state index contributed by atoms with van der Waals surface area (Å²) in [5.41, 5.74) is 0.835. The van der Waals surface area contributed by atoms with E-state index in [9.17, 15) is 13.2 Å². The van der Waals surface area contributed by atoms with Crippen molar-refractivity contribution >= 4 is 0 Å². The molecule has 0 unspecified atom stereocenters. The summed E-state index contributed by atoms with van der Waals surface area (Å²) in [5.74, 6) is -0.995. The van der Waals surface area contributed by atoms with Crippen LogP contribution in [-0.2, 0) is 10.9 Å². The molecule has 0 aromatic carbocycles. The first-order valence-corrected chi connectivity index (χ1v) is 5.47. The van der Waals surface area contributed by atoms with E-state index >= 15 is 0 Å². The molecule has 1 aromatic heterocycles. The van der Waals surface area contributed by atoms with Crippen LogP contribution in [0, 0.1) is 6.92 Å². The van der Waals surface area contributed by atoms with E-state index in [2.05, 4.69) is 9.97 Å². The highest BCUT2D eigenvalue weighted by Crippen LogP contribution is 2.30. The van der Waals surface area contributed by atoms with Crippen molar-refractivity contribution in [3.8, 4) is 0 Å². The molecule has 1 fully saturated rings. The molecule has 2 heterocycles. The van der Waals surface area contributed by atoms with E-state index < -0.39 is 12.0 Å². The molecule has 6 heteroatoms. The standard InChI is InChI=1S/C11H13F3N2O/c1-7-6-9(8-2-4-17-5-3-8)16-10(15-7)11(12,13)14/h6,8H,2-5H2,1H3. The second kappa shape index (κ2) is 4.60. The Morgan fingerprint density at radius 3 is 2.47 bits per heavy atom. The molecule has 0 saturated carbocycles. The molecule has 0 aliphatic carbocycles. The fourth-order valence-corrected chi connectivity index (χ4v) is 1.92. The molecule has 1 aliphatic heterocycles. The molecule has 17 heavy (non-hydrogen) atoms. The van der Waals surface area contributed by atoms with Gasteiger partial charge in [-0.2, -0.15) is 13.2 Å². The maximum Gasteiger partial charge on any atom is 0.451 e. The Bertz CT molecular complexity index is 400. The van der Waals surface area contributed by atoms with Crippen molar-refractivity contribution in [1.82, 2.24) is 9.97 Å². The summed E-state index contributed by atoms with van der Waals surface area (Å²) in [5, 5.41) is 0. The SMILES string of the molecule is Cc1cc(C2CCOCC2)nc(C(F)(F)F)n1. The monoisotopic (exact) mass is 246 g/mol. The molecule has 0 radical (unpaired) electrons. The van der Waals surface area contributed by atoms with E-state index in [4.69, 9.17) is 4.74 Å².